The molecule has 8 bridgehead atoms. The van der Waals surface area contributed by atoms with Crippen LogP contribution in [0.25, 0.3) is 5.57 Å². The molecule has 2 aromatic carbocycles. The van der Waals surface area contributed by atoms with Crippen LogP contribution in [0.3, 0.4) is 0 Å². The number of benzene rings is 2. The molecule has 0 aromatic heterocycles. The van der Waals surface area contributed by atoms with Gasteiger partial charge in [-0.05, 0) is 204 Å². The van der Waals surface area contributed by atoms with Crippen LogP contribution in [0.2, 0.25) is 0 Å². The van der Waals surface area contributed by atoms with E-state index in [-0.39, 0.29) is 27.7 Å². The van der Waals surface area contributed by atoms with Gasteiger partial charge in [-0.25, -0.2) is 0 Å². The lowest BCUT2D eigenvalue weighted by Crippen LogP contribution is -2.61. The predicted octanol–water partition coefficient (Wildman–Crippen LogP) is 8.88. The molecular weight excluding hydrogens is 701 g/mol. The summed E-state index contributed by atoms with van der Waals surface area (Å²) in [5, 5.41) is 7.22. The maximum absolute atomic E-state index is 14.6. The van der Waals surface area contributed by atoms with Crippen LogP contribution in [0, 0.1) is 46.3 Å². The summed E-state index contributed by atoms with van der Waals surface area (Å²) in [5.74, 6) is 3.58. The van der Waals surface area contributed by atoms with Crippen molar-refractivity contribution in [2.24, 2.45) is 57.8 Å². The molecule has 6 N–H and O–H groups in total. The Kier molecular flexibility index (Phi) is 9.48. The molecule has 6 nitrogen and oxygen atoms in total. The van der Waals surface area contributed by atoms with Gasteiger partial charge in [-0.15, -0.1) is 0 Å². The van der Waals surface area contributed by atoms with E-state index >= 15 is 0 Å². The number of rotatable bonds is 9. The molecular formula is C51H68N4O2. The van der Waals surface area contributed by atoms with Crippen molar-refractivity contribution < 1.29 is 9.59 Å². The van der Waals surface area contributed by atoms with Gasteiger partial charge in [-0.2, -0.15) is 0 Å². The van der Waals surface area contributed by atoms with E-state index in [1.165, 1.54) is 27.8 Å². The fourth-order valence-corrected chi connectivity index (χ4v) is 15.5. The van der Waals surface area contributed by atoms with Crippen molar-refractivity contribution in [2.45, 2.75) is 145 Å². The normalized spacial score (nSPS) is 41.6. The standard InChI is InChI=1S/C51H68N4O2/c1-32-37-20-48(21-38(32)23-50(22-37,30-48)46(56)54-43-16-8-34(28-52)9-17-43)42-14-12-36(13-15-42)33(2)45-39-24-49(41-6-4-3-5-7-41)25-40(45)27-51(26-39,31-49)47(57)55-44-18-10-35(29-53)11-19-44/h3-7,12-15,34-35,37-40,43-44H,1,8-11,16-31,52-53H2,2H3,(H,54,56)(H,55,57)/t34-,35-,37?,38?,39?,40?,43-,44-,48?,49?,50?,51?. The van der Waals surface area contributed by atoms with Crippen LogP contribution in [0.5, 0.6) is 0 Å². The van der Waals surface area contributed by atoms with Crippen LogP contribution in [-0.2, 0) is 20.4 Å². The van der Waals surface area contributed by atoms with E-state index in [1.807, 2.05) is 0 Å². The molecule has 2 amide bonds. The molecule has 10 fully saturated rings. The summed E-state index contributed by atoms with van der Waals surface area (Å²) in [6, 6.07) is 21.5. The van der Waals surface area contributed by atoms with Crippen LogP contribution < -0.4 is 22.1 Å². The van der Waals surface area contributed by atoms with Gasteiger partial charge in [-0.3, -0.25) is 9.59 Å². The zero-order chi connectivity index (χ0) is 39.2. The van der Waals surface area contributed by atoms with Crippen molar-refractivity contribution >= 4 is 17.4 Å². The first kappa shape index (κ1) is 38.0. The predicted molar refractivity (Wildman–Crippen MR) is 229 cm³/mol. The van der Waals surface area contributed by atoms with Crippen molar-refractivity contribution in [1.82, 2.24) is 10.6 Å². The first-order chi connectivity index (χ1) is 27.6. The monoisotopic (exact) mass is 769 g/mol. The summed E-state index contributed by atoms with van der Waals surface area (Å²) in [7, 11) is 0. The Hall–Kier alpha value is -3.22. The maximum Gasteiger partial charge on any atom is 0.226 e. The van der Waals surface area contributed by atoms with Crippen molar-refractivity contribution in [3.8, 4) is 0 Å². The summed E-state index contributed by atoms with van der Waals surface area (Å²) >= 11 is 0. The van der Waals surface area contributed by atoms with Gasteiger partial charge in [-0.1, -0.05) is 72.3 Å². The zero-order valence-corrected chi connectivity index (χ0v) is 34.6. The average Bonchev–Trinajstić information content (AvgIpc) is 3.23. The van der Waals surface area contributed by atoms with Gasteiger partial charge in [0.2, 0.25) is 11.8 Å². The number of nitrogens with two attached hydrogens (primary N) is 2. The highest BCUT2D eigenvalue weighted by atomic mass is 16.2. The number of amides is 2. The van der Waals surface area contributed by atoms with E-state index in [0.717, 1.165) is 129 Å². The molecule has 4 unspecified atom stereocenters. The molecule has 10 saturated carbocycles. The van der Waals surface area contributed by atoms with Gasteiger partial charge in [0.25, 0.3) is 0 Å². The van der Waals surface area contributed by atoms with Crippen molar-refractivity contribution in [3.63, 3.8) is 0 Å². The summed E-state index contributed by atoms with van der Waals surface area (Å²) in [5.41, 5.74) is 20.2. The van der Waals surface area contributed by atoms with E-state index in [9.17, 15) is 9.59 Å². The average molecular weight is 769 g/mol. The molecule has 0 spiro atoms. The molecule has 4 atom stereocenters. The van der Waals surface area contributed by atoms with Gasteiger partial charge in [0.15, 0.2) is 0 Å². The summed E-state index contributed by atoms with van der Waals surface area (Å²) in [4.78, 5) is 28.9. The zero-order valence-electron chi connectivity index (χ0n) is 34.6. The number of carbonyl (C=O) groups excluding carboxylic acids is 2. The Morgan fingerprint density at radius 2 is 1.02 bits per heavy atom. The van der Waals surface area contributed by atoms with Gasteiger partial charge in [0.05, 0.1) is 10.8 Å². The van der Waals surface area contributed by atoms with E-state index in [0.29, 0.717) is 53.4 Å². The van der Waals surface area contributed by atoms with Crippen molar-refractivity contribution in [1.29, 1.82) is 0 Å². The Balaban J connectivity index is 0.906. The lowest BCUT2D eigenvalue weighted by atomic mass is 9.41. The number of nitrogens with one attached hydrogen (secondary N) is 2. The molecule has 0 saturated heterocycles. The number of allylic oxidation sites excluding steroid dienone is 3. The molecule has 2 aromatic rings. The third-order valence-electron chi connectivity index (χ3n) is 18.1. The lowest BCUT2D eigenvalue weighted by molar-refractivity contribution is -0.145. The second-order valence-corrected chi connectivity index (χ2v) is 21.3. The van der Waals surface area contributed by atoms with Crippen LogP contribution >= 0.6 is 0 Å². The molecule has 304 valence electrons. The molecule has 0 aliphatic heterocycles. The van der Waals surface area contributed by atoms with Gasteiger partial charge < -0.3 is 22.1 Å². The first-order valence-electron chi connectivity index (χ1n) is 23.1. The third-order valence-corrected chi connectivity index (χ3v) is 18.1. The van der Waals surface area contributed by atoms with Crippen LogP contribution in [0.4, 0.5) is 0 Å². The van der Waals surface area contributed by atoms with Crippen LogP contribution in [0.1, 0.15) is 139 Å². The smallest absolute Gasteiger partial charge is 0.226 e. The molecule has 12 rings (SSSR count). The lowest BCUT2D eigenvalue weighted by Gasteiger charge is -2.63. The van der Waals surface area contributed by atoms with Gasteiger partial charge in [0, 0.05) is 12.1 Å². The summed E-state index contributed by atoms with van der Waals surface area (Å²) in [6.45, 7) is 8.53. The van der Waals surface area contributed by atoms with E-state index in [4.69, 9.17) is 11.5 Å². The number of hydrogen-bond donors (Lipinski definition) is 4. The van der Waals surface area contributed by atoms with Crippen molar-refractivity contribution in [2.75, 3.05) is 13.1 Å². The summed E-state index contributed by atoms with van der Waals surface area (Å²) in [6.07, 6.45) is 19.1. The third kappa shape index (κ3) is 6.32. The molecule has 57 heavy (non-hydrogen) atoms. The summed E-state index contributed by atoms with van der Waals surface area (Å²) < 4.78 is 0. The van der Waals surface area contributed by atoms with E-state index < -0.39 is 0 Å². The molecule has 10 aliphatic rings. The minimum atomic E-state index is -0.297. The van der Waals surface area contributed by atoms with E-state index in [1.54, 1.807) is 5.57 Å². The van der Waals surface area contributed by atoms with Crippen LogP contribution in [-0.4, -0.2) is 37.0 Å². The minimum Gasteiger partial charge on any atom is -0.353 e. The second-order valence-electron chi connectivity index (χ2n) is 21.3. The number of carbonyl (C=O) groups is 2. The number of hydrogen-bond acceptors (Lipinski definition) is 4. The first-order valence-corrected chi connectivity index (χ1v) is 23.1. The minimum absolute atomic E-state index is 0.0368. The highest BCUT2D eigenvalue weighted by molar-refractivity contribution is 5.85. The fourth-order valence-electron chi connectivity index (χ4n) is 15.5. The Bertz CT molecular complexity index is 1880. The Morgan fingerprint density at radius 3 is 1.47 bits per heavy atom. The highest BCUT2D eigenvalue weighted by Gasteiger charge is 2.64. The van der Waals surface area contributed by atoms with E-state index in [2.05, 4.69) is 78.7 Å². The topological polar surface area (TPSA) is 110 Å². The highest BCUT2D eigenvalue weighted by Crippen LogP contribution is 2.69. The largest absolute Gasteiger partial charge is 0.353 e. The maximum atomic E-state index is 14.6. The van der Waals surface area contributed by atoms with Crippen LogP contribution in [0.15, 0.2) is 72.3 Å². The molecule has 6 heteroatoms. The van der Waals surface area contributed by atoms with Gasteiger partial charge >= 0.3 is 0 Å². The quantitative estimate of drug-likeness (QED) is 0.191. The van der Waals surface area contributed by atoms with Gasteiger partial charge in [0.1, 0.15) is 0 Å². The molecule has 10 aliphatic carbocycles. The fraction of sp³-hybridized carbons (Fsp3) is 0.647. The molecule has 0 heterocycles. The van der Waals surface area contributed by atoms with Crippen molar-refractivity contribution in [3.05, 3.63) is 89.0 Å². The Labute approximate surface area is 341 Å². The molecule has 0 radical (unpaired) electrons. The second kappa shape index (κ2) is 14.2. The SMILES string of the molecule is C=C1C2CC3(C(=O)N[C@H]4CC[C@H](CN)CC4)CC1CC(c1ccc(C(C)=C4C5CC6(C(=O)N[C@H]7CC[C@H](CN)CC7)CC4CC(c4ccccc4)(C5)C6)cc1)(C2)C3. The Morgan fingerprint density at radius 1 is 0.596 bits per heavy atom.